The third-order valence-electron chi connectivity index (χ3n) is 3.51. The second-order valence-corrected chi connectivity index (χ2v) is 7.14. The number of halogens is 1. The van der Waals surface area contributed by atoms with Crippen molar-refractivity contribution in [2.45, 2.75) is 11.9 Å². The zero-order chi connectivity index (χ0) is 18.7. The zero-order valence-electron chi connectivity index (χ0n) is 13.7. The maximum atomic E-state index is 13.8. The van der Waals surface area contributed by atoms with Crippen LogP contribution in [0.25, 0.3) is 0 Å². The highest BCUT2D eigenvalue weighted by molar-refractivity contribution is 7.92. The first-order valence-electron chi connectivity index (χ1n) is 7.55. The van der Waals surface area contributed by atoms with E-state index < -0.39 is 26.8 Å². The van der Waals surface area contributed by atoms with Gasteiger partial charge in [-0.05, 0) is 36.8 Å². The van der Waals surface area contributed by atoms with Crippen molar-refractivity contribution in [1.82, 2.24) is 10.2 Å². The Balaban J connectivity index is 1.88. The van der Waals surface area contributed by atoms with Gasteiger partial charge in [0.05, 0.1) is 17.4 Å². The summed E-state index contributed by atoms with van der Waals surface area (Å²) >= 11 is 0. The molecule has 2 aromatic carbocycles. The lowest BCUT2D eigenvalue weighted by Gasteiger charge is -2.09. The standard InChI is InChI=1S/C17H15FN4O3S/c1-11-7-8-14(18)15(9-11)20-16(23)13-10-19-21-17(13)26(24,25)22-12-5-3-2-4-6-12/h2-10,22H,1H3,(H,19,21)(H,20,23). The number of nitrogens with one attached hydrogen (secondary N) is 3. The highest BCUT2D eigenvalue weighted by atomic mass is 32.2. The lowest BCUT2D eigenvalue weighted by molar-refractivity contribution is 0.102. The van der Waals surface area contributed by atoms with Crippen molar-refractivity contribution < 1.29 is 17.6 Å². The number of sulfonamides is 1. The largest absolute Gasteiger partial charge is 0.319 e. The molecule has 0 saturated carbocycles. The Kier molecular flexibility index (Phi) is 4.72. The minimum absolute atomic E-state index is 0.0458. The first kappa shape index (κ1) is 17.6. The summed E-state index contributed by atoms with van der Waals surface area (Å²) in [6.45, 7) is 1.74. The molecule has 0 bridgehead atoms. The van der Waals surface area contributed by atoms with E-state index >= 15 is 0 Å². The van der Waals surface area contributed by atoms with Crippen LogP contribution in [0.2, 0.25) is 0 Å². The van der Waals surface area contributed by atoms with Crippen molar-refractivity contribution in [3.63, 3.8) is 0 Å². The second-order valence-electron chi connectivity index (χ2n) is 5.52. The summed E-state index contributed by atoms with van der Waals surface area (Å²) in [6.07, 6.45) is 1.07. The van der Waals surface area contributed by atoms with Crippen molar-refractivity contribution >= 4 is 27.3 Å². The predicted molar refractivity (Wildman–Crippen MR) is 94.9 cm³/mol. The maximum absolute atomic E-state index is 13.8. The topological polar surface area (TPSA) is 104 Å². The molecule has 0 aliphatic carbocycles. The Hall–Kier alpha value is -3.20. The van der Waals surface area contributed by atoms with E-state index in [9.17, 15) is 17.6 Å². The number of aryl methyl sites for hydroxylation is 1. The molecular formula is C17H15FN4O3S. The van der Waals surface area contributed by atoms with Gasteiger partial charge in [0, 0.05) is 5.69 Å². The van der Waals surface area contributed by atoms with E-state index in [1.807, 2.05) is 0 Å². The number of H-pyrrole nitrogens is 1. The molecule has 0 saturated heterocycles. The fourth-order valence-electron chi connectivity index (χ4n) is 2.28. The normalized spacial score (nSPS) is 11.2. The highest BCUT2D eigenvalue weighted by Crippen LogP contribution is 2.20. The molecule has 3 N–H and O–H groups in total. The molecule has 134 valence electrons. The lowest BCUT2D eigenvalue weighted by atomic mass is 10.2. The zero-order valence-corrected chi connectivity index (χ0v) is 14.5. The molecule has 9 heteroatoms. The van der Waals surface area contributed by atoms with Gasteiger partial charge in [0.2, 0.25) is 0 Å². The van der Waals surface area contributed by atoms with Gasteiger partial charge in [-0.3, -0.25) is 14.6 Å². The van der Waals surface area contributed by atoms with Crippen LogP contribution in [-0.2, 0) is 10.0 Å². The number of aromatic amines is 1. The van der Waals surface area contributed by atoms with Gasteiger partial charge in [0.15, 0.2) is 5.03 Å². The van der Waals surface area contributed by atoms with E-state index in [1.165, 1.54) is 12.1 Å². The molecule has 0 unspecified atom stereocenters. The summed E-state index contributed by atoms with van der Waals surface area (Å²) in [5.74, 6) is -1.42. The Morgan fingerprint density at radius 1 is 1.15 bits per heavy atom. The van der Waals surface area contributed by atoms with Crippen LogP contribution in [0.3, 0.4) is 0 Å². The molecule has 7 nitrogen and oxygen atoms in total. The summed E-state index contributed by atoms with van der Waals surface area (Å²) < 4.78 is 41.2. The number of carbonyl (C=O) groups excluding carboxylic acids is 1. The van der Waals surface area contributed by atoms with Gasteiger partial charge in [0.25, 0.3) is 15.9 Å². The van der Waals surface area contributed by atoms with E-state index in [1.54, 1.807) is 43.3 Å². The minimum Gasteiger partial charge on any atom is -0.319 e. The van der Waals surface area contributed by atoms with Crippen LogP contribution in [0.1, 0.15) is 15.9 Å². The number of hydrogen-bond donors (Lipinski definition) is 3. The number of benzene rings is 2. The fourth-order valence-corrected chi connectivity index (χ4v) is 3.43. The van der Waals surface area contributed by atoms with Gasteiger partial charge in [0.1, 0.15) is 5.82 Å². The minimum atomic E-state index is -4.08. The summed E-state index contributed by atoms with van der Waals surface area (Å²) in [6, 6.07) is 12.4. The Morgan fingerprint density at radius 2 is 1.88 bits per heavy atom. The number of hydrogen-bond acceptors (Lipinski definition) is 4. The van der Waals surface area contributed by atoms with Crippen molar-refractivity contribution in [1.29, 1.82) is 0 Å². The lowest BCUT2D eigenvalue weighted by Crippen LogP contribution is -2.20. The molecule has 1 heterocycles. The molecule has 3 rings (SSSR count). The third kappa shape index (κ3) is 3.72. The number of para-hydroxylation sites is 1. The molecule has 0 atom stereocenters. The average Bonchev–Trinajstić information content (AvgIpc) is 3.09. The quantitative estimate of drug-likeness (QED) is 0.639. The first-order chi connectivity index (χ1) is 12.4. The molecule has 1 amide bonds. The maximum Gasteiger partial charge on any atom is 0.279 e. The number of anilines is 2. The van der Waals surface area contributed by atoms with Crippen LogP contribution < -0.4 is 10.0 Å². The number of nitrogens with zero attached hydrogens (tertiary/aromatic N) is 1. The van der Waals surface area contributed by atoms with Gasteiger partial charge in [-0.1, -0.05) is 24.3 Å². The summed E-state index contributed by atoms with van der Waals surface area (Å²) in [5, 5.41) is 7.89. The fraction of sp³-hybridized carbons (Fsp3) is 0.0588. The van der Waals surface area contributed by atoms with Crippen molar-refractivity contribution in [3.8, 4) is 0 Å². The van der Waals surface area contributed by atoms with E-state index in [0.717, 1.165) is 11.8 Å². The summed E-state index contributed by atoms with van der Waals surface area (Å²) in [5.41, 5.74) is 0.801. The van der Waals surface area contributed by atoms with E-state index in [-0.39, 0.29) is 11.3 Å². The van der Waals surface area contributed by atoms with Gasteiger partial charge in [-0.15, -0.1) is 0 Å². The number of rotatable bonds is 5. The second kappa shape index (κ2) is 6.96. The van der Waals surface area contributed by atoms with Gasteiger partial charge in [-0.2, -0.15) is 13.5 Å². The van der Waals surface area contributed by atoms with E-state index in [4.69, 9.17) is 0 Å². The summed E-state index contributed by atoms with van der Waals surface area (Å²) in [7, 11) is -4.08. The first-order valence-corrected chi connectivity index (χ1v) is 9.04. The van der Waals surface area contributed by atoms with Gasteiger partial charge < -0.3 is 5.32 Å². The van der Waals surface area contributed by atoms with Crippen LogP contribution in [0.4, 0.5) is 15.8 Å². The van der Waals surface area contributed by atoms with Gasteiger partial charge >= 0.3 is 0 Å². The molecule has 0 radical (unpaired) electrons. The molecule has 3 aromatic rings. The van der Waals surface area contributed by atoms with Crippen LogP contribution in [-0.4, -0.2) is 24.5 Å². The molecule has 26 heavy (non-hydrogen) atoms. The van der Waals surface area contributed by atoms with Crippen molar-refractivity contribution in [2.24, 2.45) is 0 Å². The number of aromatic nitrogens is 2. The van der Waals surface area contributed by atoms with Crippen molar-refractivity contribution in [3.05, 3.63) is 71.7 Å². The SMILES string of the molecule is Cc1ccc(F)c(NC(=O)c2cn[nH]c2S(=O)(=O)Nc2ccccc2)c1. The summed E-state index contributed by atoms with van der Waals surface area (Å²) in [4.78, 5) is 12.4. The molecular weight excluding hydrogens is 359 g/mol. The number of amides is 1. The molecule has 0 aliphatic heterocycles. The monoisotopic (exact) mass is 374 g/mol. The van der Waals surface area contributed by atoms with Crippen LogP contribution >= 0.6 is 0 Å². The molecule has 0 fully saturated rings. The van der Waals surface area contributed by atoms with Gasteiger partial charge in [-0.25, -0.2) is 4.39 Å². The average molecular weight is 374 g/mol. The van der Waals surface area contributed by atoms with Crippen LogP contribution in [0.5, 0.6) is 0 Å². The van der Waals surface area contributed by atoms with Crippen molar-refractivity contribution in [2.75, 3.05) is 10.0 Å². The molecule has 0 aliphatic rings. The highest BCUT2D eigenvalue weighted by Gasteiger charge is 2.25. The smallest absolute Gasteiger partial charge is 0.279 e. The van der Waals surface area contributed by atoms with E-state index in [0.29, 0.717) is 5.69 Å². The molecule has 0 spiro atoms. The van der Waals surface area contributed by atoms with Crippen LogP contribution in [0.15, 0.2) is 59.8 Å². The third-order valence-corrected chi connectivity index (χ3v) is 4.87. The Bertz CT molecular complexity index is 1050. The molecule has 1 aromatic heterocycles. The number of carbonyl (C=O) groups is 1. The Labute approximate surface area is 149 Å². The van der Waals surface area contributed by atoms with Crippen LogP contribution in [0, 0.1) is 12.7 Å². The predicted octanol–water partition coefficient (Wildman–Crippen LogP) is 2.91. The Morgan fingerprint density at radius 3 is 2.62 bits per heavy atom. The van der Waals surface area contributed by atoms with E-state index in [2.05, 4.69) is 20.2 Å².